The van der Waals surface area contributed by atoms with E-state index >= 15 is 0 Å². The fourth-order valence-corrected chi connectivity index (χ4v) is 3.52. The van der Waals surface area contributed by atoms with Crippen molar-refractivity contribution in [2.45, 2.75) is 31.7 Å². The molecule has 0 heterocycles. The summed E-state index contributed by atoms with van der Waals surface area (Å²) in [5.74, 6) is -1.59. The van der Waals surface area contributed by atoms with Gasteiger partial charge in [0.15, 0.2) is 11.8 Å². The predicted molar refractivity (Wildman–Crippen MR) is 97.4 cm³/mol. The molecule has 0 aliphatic carbocycles. The first-order valence-corrected chi connectivity index (χ1v) is 9.60. The maximum Gasteiger partial charge on any atom is 0.332 e. The van der Waals surface area contributed by atoms with Crippen LogP contribution in [0.4, 0.5) is 0 Å². The quantitative estimate of drug-likeness (QED) is 0.456. The second-order valence-corrected chi connectivity index (χ2v) is 7.51. The highest BCUT2D eigenvalue weighted by atomic mass is 32.2. The van der Waals surface area contributed by atoms with Crippen LogP contribution in [-0.2, 0) is 19.6 Å². The monoisotopic (exact) mass is 375 g/mol. The van der Waals surface area contributed by atoms with Gasteiger partial charge in [-0.25, -0.2) is 13.2 Å². The van der Waals surface area contributed by atoms with E-state index in [-0.39, 0.29) is 17.1 Å². The predicted octanol–water partition coefficient (Wildman–Crippen LogP) is 2.40. The van der Waals surface area contributed by atoms with Gasteiger partial charge >= 0.3 is 5.97 Å². The van der Waals surface area contributed by atoms with Crippen LogP contribution in [0.2, 0.25) is 0 Å². The van der Waals surface area contributed by atoms with E-state index in [1.807, 2.05) is 6.92 Å². The van der Waals surface area contributed by atoms with E-state index < -0.39 is 27.8 Å². The van der Waals surface area contributed by atoms with Crippen molar-refractivity contribution in [1.29, 1.82) is 0 Å². The molecule has 138 valence electrons. The fourth-order valence-electron chi connectivity index (χ4n) is 2.38. The number of esters is 1. The first kappa shape index (κ1) is 19.8. The van der Waals surface area contributed by atoms with Crippen molar-refractivity contribution < 1.29 is 22.7 Å². The molecule has 2 rings (SSSR count). The largest absolute Gasteiger partial charge is 0.464 e. The summed E-state index contributed by atoms with van der Waals surface area (Å²) in [6.45, 7) is 5.15. The Hall–Kier alpha value is -2.51. The Morgan fingerprint density at radius 3 is 2.23 bits per heavy atom. The van der Waals surface area contributed by atoms with E-state index in [2.05, 4.69) is 4.72 Å². The third-order valence-electron chi connectivity index (χ3n) is 3.80. The van der Waals surface area contributed by atoms with Crippen LogP contribution in [-0.4, -0.2) is 32.8 Å². The number of hydrogen-bond donors (Lipinski definition) is 1. The minimum Gasteiger partial charge on any atom is -0.464 e. The first-order chi connectivity index (χ1) is 12.3. The second-order valence-electron chi connectivity index (χ2n) is 5.80. The highest BCUT2D eigenvalue weighted by Crippen LogP contribution is 2.15. The number of aryl methyl sites for hydroxylation is 2. The van der Waals surface area contributed by atoms with Gasteiger partial charge in [0, 0.05) is 5.56 Å². The van der Waals surface area contributed by atoms with Crippen molar-refractivity contribution in [1.82, 2.24) is 4.72 Å². The van der Waals surface area contributed by atoms with Crippen molar-refractivity contribution in [2.75, 3.05) is 6.61 Å². The maximum absolute atomic E-state index is 12.8. The van der Waals surface area contributed by atoms with Gasteiger partial charge in [0.2, 0.25) is 10.0 Å². The molecule has 0 radical (unpaired) electrons. The summed E-state index contributed by atoms with van der Waals surface area (Å²) in [6.07, 6.45) is 0. The zero-order valence-electron chi connectivity index (χ0n) is 14.9. The topological polar surface area (TPSA) is 89.5 Å². The molecular weight excluding hydrogens is 354 g/mol. The van der Waals surface area contributed by atoms with E-state index in [0.717, 1.165) is 5.56 Å². The van der Waals surface area contributed by atoms with E-state index in [1.54, 1.807) is 50.2 Å². The van der Waals surface area contributed by atoms with Gasteiger partial charge in [-0.2, -0.15) is 4.72 Å². The Morgan fingerprint density at radius 1 is 1.04 bits per heavy atom. The lowest BCUT2D eigenvalue weighted by Gasteiger charge is -2.17. The second kappa shape index (κ2) is 8.25. The average Bonchev–Trinajstić information content (AvgIpc) is 2.60. The number of carbonyl (C=O) groups is 2. The van der Waals surface area contributed by atoms with E-state index in [1.165, 1.54) is 12.1 Å². The van der Waals surface area contributed by atoms with Crippen LogP contribution in [0, 0.1) is 13.8 Å². The third-order valence-corrected chi connectivity index (χ3v) is 5.24. The molecule has 0 saturated carbocycles. The lowest BCUT2D eigenvalue weighted by molar-refractivity contribution is -0.143. The standard InChI is InChI=1S/C19H21NO5S/c1-4-25-19(22)17(18(21)16-8-6-5-7-14(16)3)20-26(23,24)15-11-9-13(2)10-12-15/h5-12,17,20H,4H2,1-3H3. The number of nitrogens with one attached hydrogen (secondary N) is 1. The molecule has 26 heavy (non-hydrogen) atoms. The maximum atomic E-state index is 12.8. The SMILES string of the molecule is CCOC(=O)C(NS(=O)(=O)c1ccc(C)cc1)C(=O)c1ccccc1C. The molecule has 1 atom stereocenters. The average molecular weight is 375 g/mol. The van der Waals surface area contributed by atoms with Gasteiger partial charge in [-0.15, -0.1) is 0 Å². The number of Topliss-reactive ketones (excluding diaryl/α,β-unsaturated/α-hetero) is 1. The molecule has 0 amide bonds. The van der Waals surface area contributed by atoms with Crippen molar-refractivity contribution in [3.63, 3.8) is 0 Å². The van der Waals surface area contributed by atoms with Crippen LogP contribution in [0.3, 0.4) is 0 Å². The Morgan fingerprint density at radius 2 is 1.65 bits per heavy atom. The fraction of sp³-hybridized carbons (Fsp3) is 0.263. The number of hydrogen-bond acceptors (Lipinski definition) is 5. The summed E-state index contributed by atoms with van der Waals surface area (Å²) >= 11 is 0. The van der Waals surface area contributed by atoms with Gasteiger partial charge in [-0.1, -0.05) is 42.0 Å². The number of rotatable bonds is 7. The highest BCUT2D eigenvalue weighted by molar-refractivity contribution is 7.89. The summed E-state index contributed by atoms with van der Waals surface area (Å²) < 4.78 is 32.3. The molecule has 0 spiro atoms. The van der Waals surface area contributed by atoms with Crippen molar-refractivity contribution in [3.05, 3.63) is 65.2 Å². The molecule has 0 fully saturated rings. The summed E-state index contributed by atoms with van der Waals surface area (Å²) in [5.41, 5.74) is 1.79. The Labute approximate surface area is 153 Å². The molecule has 0 bridgehead atoms. The van der Waals surface area contributed by atoms with Gasteiger partial charge in [-0.3, -0.25) is 4.79 Å². The van der Waals surface area contributed by atoms with Gasteiger partial charge < -0.3 is 4.74 Å². The first-order valence-electron chi connectivity index (χ1n) is 8.11. The Bertz CT molecular complexity index is 904. The number of ketones is 1. The van der Waals surface area contributed by atoms with Gasteiger partial charge in [-0.05, 0) is 38.5 Å². The molecule has 2 aromatic carbocycles. The third kappa shape index (κ3) is 4.56. The van der Waals surface area contributed by atoms with Crippen LogP contribution in [0.1, 0.15) is 28.4 Å². The molecule has 2 aromatic rings. The number of benzene rings is 2. The van der Waals surface area contributed by atoms with E-state index in [9.17, 15) is 18.0 Å². The molecule has 7 heteroatoms. The van der Waals surface area contributed by atoms with Crippen LogP contribution in [0.5, 0.6) is 0 Å². The van der Waals surface area contributed by atoms with Crippen LogP contribution in [0.15, 0.2) is 53.4 Å². The molecular formula is C19H21NO5S. The number of ether oxygens (including phenoxy) is 1. The summed E-state index contributed by atoms with van der Waals surface area (Å²) in [6, 6.07) is 11.1. The Kier molecular flexibility index (Phi) is 6.28. The minimum absolute atomic E-state index is 0.0304. The van der Waals surface area contributed by atoms with Crippen molar-refractivity contribution in [2.24, 2.45) is 0 Å². The molecule has 0 aromatic heterocycles. The minimum atomic E-state index is -4.08. The number of sulfonamides is 1. The van der Waals surface area contributed by atoms with Crippen LogP contribution < -0.4 is 4.72 Å². The summed E-state index contributed by atoms with van der Waals surface area (Å²) in [4.78, 5) is 25.0. The molecule has 0 saturated heterocycles. The zero-order chi connectivity index (χ0) is 19.3. The lowest BCUT2D eigenvalue weighted by atomic mass is 10.0. The lowest BCUT2D eigenvalue weighted by Crippen LogP contribution is -2.47. The van der Waals surface area contributed by atoms with Crippen molar-refractivity contribution in [3.8, 4) is 0 Å². The summed E-state index contributed by atoms with van der Waals surface area (Å²) in [7, 11) is -4.08. The smallest absolute Gasteiger partial charge is 0.332 e. The van der Waals surface area contributed by atoms with Gasteiger partial charge in [0.25, 0.3) is 0 Å². The molecule has 0 aliphatic heterocycles. The molecule has 1 unspecified atom stereocenters. The van der Waals surface area contributed by atoms with Gasteiger partial charge in [0.1, 0.15) is 0 Å². The van der Waals surface area contributed by atoms with E-state index in [4.69, 9.17) is 4.74 Å². The van der Waals surface area contributed by atoms with Crippen LogP contribution >= 0.6 is 0 Å². The summed E-state index contributed by atoms with van der Waals surface area (Å²) in [5, 5.41) is 0. The normalized spacial score (nSPS) is 12.4. The van der Waals surface area contributed by atoms with E-state index in [0.29, 0.717) is 5.56 Å². The molecule has 1 N–H and O–H groups in total. The number of carbonyl (C=O) groups excluding carboxylic acids is 2. The highest BCUT2D eigenvalue weighted by Gasteiger charge is 2.34. The molecule has 6 nitrogen and oxygen atoms in total. The molecule has 0 aliphatic rings. The zero-order valence-corrected chi connectivity index (χ0v) is 15.7. The van der Waals surface area contributed by atoms with Crippen molar-refractivity contribution >= 4 is 21.8 Å². The van der Waals surface area contributed by atoms with Gasteiger partial charge in [0.05, 0.1) is 11.5 Å². The van der Waals surface area contributed by atoms with Crippen LogP contribution in [0.25, 0.3) is 0 Å². The Balaban J connectivity index is 2.39.